The van der Waals surface area contributed by atoms with Gasteiger partial charge in [0.05, 0.1) is 6.04 Å². The number of carbonyl (C=O) groups excluding carboxylic acids is 1. The lowest BCUT2D eigenvalue weighted by Gasteiger charge is -2.42. The molecule has 2 aliphatic heterocycles. The van der Waals surface area contributed by atoms with E-state index in [4.69, 9.17) is 4.74 Å². The average molecular weight is 417 g/mol. The van der Waals surface area contributed by atoms with E-state index in [1.807, 2.05) is 35.1 Å². The summed E-state index contributed by atoms with van der Waals surface area (Å²) in [6.45, 7) is 1.64. The summed E-state index contributed by atoms with van der Waals surface area (Å²) in [5.74, 6) is 1.01. The molecule has 7 heteroatoms. The van der Waals surface area contributed by atoms with Crippen molar-refractivity contribution in [2.75, 3.05) is 13.1 Å². The molecule has 1 aromatic carbocycles. The molecule has 0 radical (unpaired) electrons. The molecule has 29 heavy (non-hydrogen) atoms. The first-order chi connectivity index (χ1) is 13.7. The first-order valence-electron chi connectivity index (χ1n) is 10.5. The Bertz CT molecular complexity index is 842. The third-order valence-electron chi connectivity index (χ3n) is 6.81. The summed E-state index contributed by atoms with van der Waals surface area (Å²) in [5, 5.41) is 11.2. The molecule has 1 saturated heterocycles. The summed E-state index contributed by atoms with van der Waals surface area (Å²) in [6.07, 6.45) is 10.6. The van der Waals surface area contributed by atoms with Crippen LogP contribution in [0.3, 0.4) is 0 Å². The fraction of sp³-hybridized carbons (Fsp3) is 0.545. The summed E-state index contributed by atoms with van der Waals surface area (Å²) in [4.78, 5) is 13.7. The van der Waals surface area contributed by atoms with Gasteiger partial charge in [-0.1, -0.05) is 18.2 Å². The average Bonchev–Trinajstić information content (AvgIpc) is 3.41. The minimum Gasteiger partial charge on any atom is -0.487 e. The highest BCUT2D eigenvalue weighted by atomic mass is 35.5. The van der Waals surface area contributed by atoms with Crippen molar-refractivity contribution < 1.29 is 9.53 Å². The second-order valence-corrected chi connectivity index (χ2v) is 8.49. The van der Waals surface area contributed by atoms with Crippen molar-refractivity contribution in [3.05, 3.63) is 48.3 Å². The van der Waals surface area contributed by atoms with Gasteiger partial charge in [0.25, 0.3) is 0 Å². The number of halogens is 1. The molecule has 1 amide bonds. The Morgan fingerprint density at radius 2 is 1.90 bits per heavy atom. The molecular weight excluding hydrogens is 388 g/mol. The maximum absolute atomic E-state index is 13.7. The third-order valence-corrected chi connectivity index (χ3v) is 6.81. The zero-order chi connectivity index (χ0) is 19.0. The van der Waals surface area contributed by atoms with Gasteiger partial charge in [0.2, 0.25) is 5.91 Å². The van der Waals surface area contributed by atoms with Gasteiger partial charge in [0, 0.05) is 24.4 Å². The van der Waals surface area contributed by atoms with Crippen molar-refractivity contribution in [3.8, 4) is 5.75 Å². The van der Waals surface area contributed by atoms with E-state index < -0.39 is 5.54 Å². The fourth-order valence-corrected chi connectivity index (χ4v) is 5.29. The highest BCUT2D eigenvalue weighted by Crippen LogP contribution is 2.47. The number of ether oxygens (including phenoxy) is 1. The number of aromatic nitrogens is 2. The lowest BCUT2D eigenvalue weighted by atomic mass is 9.83. The number of rotatable bonds is 3. The van der Waals surface area contributed by atoms with Gasteiger partial charge in [-0.3, -0.25) is 9.48 Å². The molecule has 2 fully saturated rings. The Morgan fingerprint density at radius 3 is 2.62 bits per heavy atom. The molecule has 6 nitrogen and oxygen atoms in total. The van der Waals surface area contributed by atoms with Gasteiger partial charge in [-0.05, 0) is 63.7 Å². The number of para-hydroxylation sites is 1. The van der Waals surface area contributed by atoms with Crippen molar-refractivity contribution in [3.63, 3.8) is 0 Å². The van der Waals surface area contributed by atoms with E-state index in [2.05, 4.69) is 21.8 Å². The lowest BCUT2D eigenvalue weighted by molar-refractivity contribution is -0.133. The first kappa shape index (κ1) is 20.2. The number of nitrogens with one attached hydrogen (secondary N) is 2. The molecule has 1 spiro atoms. The van der Waals surface area contributed by atoms with Crippen molar-refractivity contribution in [2.45, 2.75) is 62.1 Å². The molecule has 3 heterocycles. The van der Waals surface area contributed by atoms with Gasteiger partial charge in [-0.25, -0.2) is 0 Å². The van der Waals surface area contributed by atoms with Gasteiger partial charge in [-0.15, -0.1) is 12.4 Å². The zero-order valence-corrected chi connectivity index (χ0v) is 17.4. The standard InChI is InChI=1S/C22H28N4O2.ClH/c27-20(22(10-13-23-14-11-22)26-15-5-12-24-26)25-18-16-21(8-3-4-9-21)28-19-7-2-1-6-17(18)19;/h1-2,5-7,12,15,18,23H,3-4,8-11,13-14,16H2,(H,25,27);1H. The number of nitrogens with zero attached hydrogens (tertiary/aromatic N) is 2. The quantitative estimate of drug-likeness (QED) is 0.805. The number of piperidine rings is 1. The predicted octanol–water partition coefficient (Wildman–Crippen LogP) is 3.34. The number of hydrogen-bond donors (Lipinski definition) is 2. The van der Waals surface area contributed by atoms with Crippen LogP contribution in [0.4, 0.5) is 0 Å². The normalized spacial score (nSPS) is 24.2. The van der Waals surface area contributed by atoms with Crippen LogP contribution in [0.5, 0.6) is 5.75 Å². The summed E-state index contributed by atoms with van der Waals surface area (Å²) < 4.78 is 8.32. The Labute approximate surface area is 177 Å². The molecule has 5 rings (SSSR count). The van der Waals surface area contributed by atoms with Gasteiger partial charge in [-0.2, -0.15) is 5.10 Å². The van der Waals surface area contributed by atoms with Crippen molar-refractivity contribution in [2.24, 2.45) is 0 Å². The van der Waals surface area contributed by atoms with E-state index in [0.29, 0.717) is 0 Å². The van der Waals surface area contributed by atoms with Crippen LogP contribution in [-0.4, -0.2) is 34.4 Å². The topological polar surface area (TPSA) is 68.2 Å². The molecule has 3 aliphatic rings. The van der Waals surface area contributed by atoms with Crippen LogP contribution < -0.4 is 15.4 Å². The monoisotopic (exact) mass is 416 g/mol. The Morgan fingerprint density at radius 1 is 1.14 bits per heavy atom. The Hall–Kier alpha value is -2.05. The molecule has 1 aliphatic carbocycles. The summed E-state index contributed by atoms with van der Waals surface area (Å²) >= 11 is 0. The second-order valence-electron chi connectivity index (χ2n) is 8.49. The van der Waals surface area contributed by atoms with Crippen molar-refractivity contribution in [1.82, 2.24) is 20.4 Å². The molecule has 1 unspecified atom stereocenters. The number of benzene rings is 1. The van der Waals surface area contributed by atoms with Gasteiger partial charge in [0.15, 0.2) is 0 Å². The van der Waals surface area contributed by atoms with Gasteiger partial charge >= 0.3 is 0 Å². The van der Waals surface area contributed by atoms with Crippen LogP contribution in [0, 0.1) is 0 Å². The minimum atomic E-state index is -0.620. The second kappa shape index (κ2) is 8.00. The molecule has 2 N–H and O–H groups in total. The summed E-state index contributed by atoms with van der Waals surface area (Å²) in [7, 11) is 0. The van der Waals surface area contributed by atoms with Crippen LogP contribution in [0.2, 0.25) is 0 Å². The van der Waals surface area contributed by atoms with Crippen LogP contribution >= 0.6 is 12.4 Å². The first-order valence-corrected chi connectivity index (χ1v) is 10.5. The Kier molecular flexibility index (Phi) is 5.58. The summed E-state index contributed by atoms with van der Waals surface area (Å²) in [5.41, 5.74) is 0.349. The van der Waals surface area contributed by atoms with E-state index >= 15 is 0 Å². The zero-order valence-electron chi connectivity index (χ0n) is 16.6. The lowest BCUT2D eigenvalue weighted by Crippen LogP contribution is -2.56. The van der Waals surface area contributed by atoms with E-state index in [1.165, 1.54) is 12.8 Å². The fourth-order valence-electron chi connectivity index (χ4n) is 5.29. The molecule has 2 aromatic rings. The molecule has 1 aromatic heterocycles. The number of carbonyl (C=O) groups is 1. The van der Waals surface area contributed by atoms with Crippen LogP contribution in [0.15, 0.2) is 42.7 Å². The summed E-state index contributed by atoms with van der Waals surface area (Å²) in [6, 6.07) is 10.1. The van der Waals surface area contributed by atoms with Crippen molar-refractivity contribution in [1.29, 1.82) is 0 Å². The van der Waals surface area contributed by atoms with Crippen molar-refractivity contribution >= 4 is 18.3 Å². The molecule has 1 saturated carbocycles. The van der Waals surface area contributed by atoms with Gasteiger partial charge in [0.1, 0.15) is 16.9 Å². The molecule has 156 valence electrons. The maximum Gasteiger partial charge on any atom is 0.248 e. The minimum absolute atomic E-state index is 0. The molecule has 1 atom stereocenters. The van der Waals surface area contributed by atoms with E-state index in [1.54, 1.807) is 6.20 Å². The van der Waals surface area contributed by atoms with Crippen LogP contribution in [0.1, 0.15) is 56.6 Å². The highest BCUT2D eigenvalue weighted by molar-refractivity contribution is 5.85. The largest absolute Gasteiger partial charge is 0.487 e. The van der Waals surface area contributed by atoms with Crippen LogP contribution in [0.25, 0.3) is 0 Å². The third kappa shape index (κ3) is 3.53. The SMILES string of the molecule is Cl.O=C(NC1CC2(CCCC2)Oc2ccccc21)C1(n2cccn2)CCNCC1. The number of amides is 1. The Balaban J connectivity index is 0.00000205. The van der Waals surface area contributed by atoms with E-state index in [9.17, 15) is 4.79 Å². The molecular formula is C22H29ClN4O2. The predicted molar refractivity (Wildman–Crippen MR) is 113 cm³/mol. The van der Waals surface area contributed by atoms with Gasteiger partial charge < -0.3 is 15.4 Å². The van der Waals surface area contributed by atoms with E-state index in [-0.39, 0.29) is 30.0 Å². The number of fused-ring (bicyclic) bond motifs is 1. The smallest absolute Gasteiger partial charge is 0.248 e. The van der Waals surface area contributed by atoms with E-state index in [0.717, 1.165) is 56.5 Å². The van der Waals surface area contributed by atoms with Crippen LogP contribution in [-0.2, 0) is 10.3 Å². The maximum atomic E-state index is 13.7. The number of hydrogen-bond acceptors (Lipinski definition) is 4. The highest BCUT2D eigenvalue weighted by Gasteiger charge is 2.47. The molecule has 0 bridgehead atoms.